The molecule has 21 heavy (non-hydrogen) atoms. The van der Waals surface area contributed by atoms with Gasteiger partial charge in [-0.1, -0.05) is 27.5 Å². The molecular weight excluding hydrogens is 354 g/mol. The third kappa shape index (κ3) is 3.11. The van der Waals surface area contributed by atoms with E-state index in [1.807, 2.05) is 30.3 Å². The minimum absolute atomic E-state index is 0.165. The largest absolute Gasteiger partial charge is 0.495 e. The van der Waals surface area contributed by atoms with Gasteiger partial charge < -0.3 is 14.8 Å². The Bertz CT molecular complexity index is 663. The monoisotopic (exact) mass is 367 g/mol. The van der Waals surface area contributed by atoms with E-state index in [1.165, 1.54) is 0 Å². The number of fused-ring (bicyclic) bond motifs is 1. The van der Waals surface area contributed by atoms with Crippen molar-refractivity contribution in [3.8, 4) is 11.5 Å². The second kappa shape index (κ2) is 6.16. The SMILES string of the molecule is COc1ccc(Cl)cc1NC1CCOc2ccc(Br)cc21. The van der Waals surface area contributed by atoms with Crippen molar-refractivity contribution >= 4 is 33.2 Å². The maximum atomic E-state index is 6.09. The predicted molar refractivity (Wildman–Crippen MR) is 88.6 cm³/mol. The average Bonchev–Trinajstić information content (AvgIpc) is 2.48. The van der Waals surface area contributed by atoms with E-state index in [-0.39, 0.29) is 6.04 Å². The van der Waals surface area contributed by atoms with Gasteiger partial charge >= 0.3 is 0 Å². The van der Waals surface area contributed by atoms with Gasteiger partial charge in [0.15, 0.2) is 0 Å². The first-order valence-corrected chi connectivity index (χ1v) is 7.87. The summed E-state index contributed by atoms with van der Waals surface area (Å²) in [6.45, 7) is 0.690. The molecule has 0 radical (unpaired) electrons. The smallest absolute Gasteiger partial charge is 0.142 e. The van der Waals surface area contributed by atoms with E-state index >= 15 is 0 Å². The summed E-state index contributed by atoms with van der Waals surface area (Å²) in [5.41, 5.74) is 2.03. The highest BCUT2D eigenvalue weighted by molar-refractivity contribution is 9.10. The van der Waals surface area contributed by atoms with Gasteiger partial charge in [0.1, 0.15) is 11.5 Å². The molecule has 3 nitrogen and oxygen atoms in total. The lowest BCUT2D eigenvalue weighted by Crippen LogP contribution is -2.20. The van der Waals surface area contributed by atoms with Crippen LogP contribution in [0.15, 0.2) is 40.9 Å². The number of halogens is 2. The van der Waals surface area contributed by atoms with E-state index in [4.69, 9.17) is 21.1 Å². The van der Waals surface area contributed by atoms with Crippen molar-refractivity contribution in [2.24, 2.45) is 0 Å². The fourth-order valence-corrected chi connectivity index (χ4v) is 3.05. The molecule has 0 aromatic heterocycles. The number of anilines is 1. The second-order valence-electron chi connectivity index (χ2n) is 4.86. The second-order valence-corrected chi connectivity index (χ2v) is 6.21. The van der Waals surface area contributed by atoms with E-state index in [2.05, 4.69) is 27.3 Å². The van der Waals surface area contributed by atoms with Gasteiger partial charge in [-0.15, -0.1) is 0 Å². The van der Waals surface area contributed by atoms with E-state index in [0.717, 1.165) is 33.6 Å². The summed E-state index contributed by atoms with van der Waals surface area (Å²) < 4.78 is 12.1. The zero-order valence-electron chi connectivity index (χ0n) is 11.5. The zero-order valence-corrected chi connectivity index (χ0v) is 13.9. The molecule has 0 spiro atoms. The minimum Gasteiger partial charge on any atom is -0.495 e. The summed E-state index contributed by atoms with van der Waals surface area (Å²) in [6.07, 6.45) is 0.888. The summed E-state index contributed by atoms with van der Waals surface area (Å²) in [4.78, 5) is 0. The average molecular weight is 369 g/mol. The standard InChI is InChI=1S/C16H15BrClNO2/c1-20-16-5-3-11(18)9-14(16)19-13-6-7-21-15-4-2-10(17)8-12(13)15/h2-5,8-9,13,19H,6-7H2,1H3. The number of benzene rings is 2. The lowest BCUT2D eigenvalue weighted by molar-refractivity contribution is 0.274. The lowest BCUT2D eigenvalue weighted by Gasteiger charge is -2.28. The number of rotatable bonds is 3. The quantitative estimate of drug-likeness (QED) is 0.822. The third-order valence-corrected chi connectivity index (χ3v) is 4.23. The van der Waals surface area contributed by atoms with Crippen LogP contribution in [0.25, 0.3) is 0 Å². The number of methoxy groups -OCH3 is 1. The van der Waals surface area contributed by atoms with E-state index < -0.39 is 0 Å². The highest BCUT2D eigenvalue weighted by Crippen LogP contribution is 2.38. The molecular formula is C16H15BrClNO2. The molecule has 0 bridgehead atoms. The van der Waals surface area contributed by atoms with Crippen LogP contribution >= 0.6 is 27.5 Å². The number of nitrogens with one attached hydrogen (secondary N) is 1. The zero-order chi connectivity index (χ0) is 14.8. The van der Waals surface area contributed by atoms with Crippen LogP contribution in [0.5, 0.6) is 11.5 Å². The molecule has 0 fully saturated rings. The molecule has 0 aliphatic carbocycles. The van der Waals surface area contributed by atoms with Crippen LogP contribution in [0.3, 0.4) is 0 Å². The molecule has 1 unspecified atom stereocenters. The molecule has 1 heterocycles. The van der Waals surface area contributed by atoms with Crippen LogP contribution in [-0.4, -0.2) is 13.7 Å². The van der Waals surface area contributed by atoms with Gasteiger partial charge in [0, 0.05) is 21.5 Å². The molecule has 1 aliphatic rings. The Hall–Kier alpha value is -1.39. The van der Waals surface area contributed by atoms with Gasteiger partial charge in [-0.05, 0) is 36.4 Å². The fraction of sp³-hybridized carbons (Fsp3) is 0.250. The van der Waals surface area contributed by atoms with Crippen molar-refractivity contribution in [3.63, 3.8) is 0 Å². The number of ether oxygens (including phenoxy) is 2. The Labute approximate surface area is 137 Å². The minimum atomic E-state index is 0.165. The Morgan fingerprint density at radius 3 is 2.95 bits per heavy atom. The van der Waals surface area contributed by atoms with Crippen LogP contribution in [0, 0.1) is 0 Å². The number of hydrogen-bond acceptors (Lipinski definition) is 3. The van der Waals surface area contributed by atoms with Crippen molar-refractivity contribution in [1.29, 1.82) is 0 Å². The van der Waals surface area contributed by atoms with Gasteiger partial charge in [0.25, 0.3) is 0 Å². The molecule has 5 heteroatoms. The Morgan fingerprint density at radius 2 is 2.14 bits per heavy atom. The fourth-order valence-electron chi connectivity index (χ4n) is 2.50. The van der Waals surface area contributed by atoms with Gasteiger partial charge in [0.2, 0.25) is 0 Å². The molecule has 2 aromatic carbocycles. The Balaban J connectivity index is 1.93. The lowest BCUT2D eigenvalue weighted by atomic mass is 10.00. The summed E-state index contributed by atoms with van der Waals surface area (Å²) in [7, 11) is 1.66. The van der Waals surface area contributed by atoms with Crippen LogP contribution < -0.4 is 14.8 Å². The first-order chi connectivity index (χ1) is 10.2. The Morgan fingerprint density at radius 1 is 1.29 bits per heavy atom. The van der Waals surface area contributed by atoms with E-state index in [9.17, 15) is 0 Å². The van der Waals surface area contributed by atoms with Crippen LogP contribution in [0.1, 0.15) is 18.0 Å². The van der Waals surface area contributed by atoms with Gasteiger partial charge in [-0.25, -0.2) is 0 Å². The van der Waals surface area contributed by atoms with E-state index in [0.29, 0.717) is 11.6 Å². The third-order valence-electron chi connectivity index (χ3n) is 3.50. The maximum absolute atomic E-state index is 6.09. The predicted octanol–water partition coefficient (Wildman–Crippen LogP) is 5.05. The van der Waals surface area contributed by atoms with Gasteiger partial charge in [-0.2, -0.15) is 0 Å². The summed E-state index contributed by atoms with van der Waals surface area (Å²) in [5, 5.41) is 4.19. The van der Waals surface area contributed by atoms with Crippen molar-refractivity contribution in [2.45, 2.75) is 12.5 Å². The Kier molecular flexibility index (Phi) is 4.27. The molecule has 3 rings (SSSR count). The molecule has 2 aromatic rings. The topological polar surface area (TPSA) is 30.5 Å². The van der Waals surface area contributed by atoms with Crippen molar-refractivity contribution in [1.82, 2.24) is 0 Å². The van der Waals surface area contributed by atoms with Crippen molar-refractivity contribution < 1.29 is 9.47 Å². The molecule has 0 saturated heterocycles. The normalized spacial score (nSPS) is 16.8. The molecule has 1 aliphatic heterocycles. The molecule has 0 amide bonds. The summed E-state index contributed by atoms with van der Waals surface area (Å²) in [6, 6.07) is 11.8. The summed E-state index contributed by atoms with van der Waals surface area (Å²) >= 11 is 9.60. The highest BCUT2D eigenvalue weighted by Gasteiger charge is 2.22. The maximum Gasteiger partial charge on any atom is 0.142 e. The molecule has 1 N–H and O–H groups in total. The van der Waals surface area contributed by atoms with E-state index in [1.54, 1.807) is 7.11 Å². The van der Waals surface area contributed by atoms with Crippen LogP contribution in [0.4, 0.5) is 5.69 Å². The summed E-state index contributed by atoms with van der Waals surface area (Å²) in [5.74, 6) is 1.70. The highest BCUT2D eigenvalue weighted by atomic mass is 79.9. The first-order valence-electron chi connectivity index (χ1n) is 6.69. The van der Waals surface area contributed by atoms with Crippen LogP contribution in [-0.2, 0) is 0 Å². The molecule has 110 valence electrons. The molecule has 1 atom stereocenters. The van der Waals surface area contributed by atoms with Crippen molar-refractivity contribution in [2.75, 3.05) is 19.0 Å². The number of hydrogen-bond donors (Lipinski definition) is 1. The van der Waals surface area contributed by atoms with Crippen LogP contribution in [0.2, 0.25) is 5.02 Å². The first kappa shape index (κ1) is 14.5. The van der Waals surface area contributed by atoms with Gasteiger partial charge in [-0.3, -0.25) is 0 Å². The molecule has 0 saturated carbocycles. The van der Waals surface area contributed by atoms with Gasteiger partial charge in [0.05, 0.1) is 25.4 Å². The van der Waals surface area contributed by atoms with Crippen molar-refractivity contribution in [3.05, 3.63) is 51.5 Å².